The number of aryl methyl sites for hydroxylation is 2. The standard InChI is InChI=1S/C23H25N5/c1-17-7-4-10-21(25-17)23-22-19(18-8-2-3-9-20(18)26-22)11-16-27(23)13-6-15-28-14-5-12-24-28/h2-5,7-10,12,14,23,26H,6,11,13,15-16H2,1H3/t23-/m1/s1. The molecule has 1 N–H and O–H groups in total. The molecular weight excluding hydrogens is 346 g/mol. The minimum absolute atomic E-state index is 0.175. The summed E-state index contributed by atoms with van der Waals surface area (Å²) in [6.45, 7) is 5.08. The van der Waals surface area contributed by atoms with E-state index in [0.717, 1.165) is 43.9 Å². The lowest BCUT2D eigenvalue weighted by molar-refractivity contribution is 0.200. The Labute approximate surface area is 165 Å². The van der Waals surface area contributed by atoms with Crippen molar-refractivity contribution in [3.8, 4) is 0 Å². The molecule has 0 radical (unpaired) electrons. The van der Waals surface area contributed by atoms with Crippen molar-refractivity contribution in [2.24, 2.45) is 0 Å². The molecule has 0 unspecified atom stereocenters. The van der Waals surface area contributed by atoms with Crippen LogP contribution in [0.1, 0.15) is 35.1 Å². The summed E-state index contributed by atoms with van der Waals surface area (Å²) < 4.78 is 2.01. The van der Waals surface area contributed by atoms with Gasteiger partial charge < -0.3 is 4.98 Å². The Hall–Kier alpha value is -2.92. The van der Waals surface area contributed by atoms with Gasteiger partial charge in [0.2, 0.25) is 0 Å². The lowest BCUT2D eigenvalue weighted by atomic mass is 9.94. The van der Waals surface area contributed by atoms with E-state index in [1.54, 1.807) is 0 Å². The van der Waals surface area contributed by atoms with Crippen molar-refractivity contribution in [2.75, 3.05) is 13.1 Å². The molecule has 1 aliphatic rings. The zero-order valence-corrected chi connectivity index (χ0v) is 16.2. The molecule has 3 aromatic heterocycles. The molecule has 1 atom stereocenters. The van der Waals surface area contributed by atoms with Crippen LogP contribution in [0.5, 0.6) is 0 Å². The lowest BCUT2D eigenvalue weighted by Gasteiger charge is -2.35. The molecule has 5 heteroatoms. The first-order chi connectivity index (χ1) is 13.8. The molecule has 0 spiro atoms. The van der Waals surface area contributed by atoms with Crippen molar-refractivity contribution in [1.29, 1.82) is 0 Å². The smallest absolute Gasteiger partial charge is 0.0931 e. The predicted molar refractivity (Wildman–Crippen MR) is 111 cm³/mol. The SMILES string of the molecule is Cc1cccc([C@@H]2c3[nH]c4ccccc4c3CCN2CCCn2cccn2)n1. The largest absolute Gasteiger partial charge is 0.357 e. The van der Waals surface area contributed by atoms with E-state index in [-0.39, 0.29) is 6.04 Å². The van der Waals surface area contributed by atoms with Crippen LogP contribution in [0.4, 0.5) is 0 Å². The maximum absolute atomic E-state index is 4.89. The number of para-hydroxylation sites is 1. The molecule has 0 fully saturated rings. The number of nitrogens with one attached hydrogen (secondary N) is 1. The van der Waals surface area contributed by atoms with Gasteiger partial charge in [-0.3, -0.25) is 14.6 Å². The Morgan fingerprint density at radius 1 is 1.07 bits per heavy atom. The number of hydrogen-bond donors (Lipinski definition) is 1. The normalized spacial score (nSPS) is 17.1. The van der Waals surface area contributed by atoms with Gasteiger partial charge in [0.25, 0.3) is 0 Å². The van der Waals surface area contributed by atoms with Gasteiger partial charge in [-0.05, 0) is 49.6 Å². The number of fused-ring (bicyclic) bond motifs is 3. The monoisotopic (exact) mass is 371 g/mol. The third kappa shape index (κ3) is 3.12. The van der Waals surface area contributed by atoms with E-state index in [4.69, 9.17) is 4.98 Å². The van der Waals surface area contributed by atoms with Gasteiger partial charge in [-0.1, -0.05) is 24.3 Å². The van der Waals surface area contributed by atoms with E-state index in [2.05, 4.69) is 64.4 Å². The molecule has 4 aromatic rings. The number of H-pyrrole nitrogens is 1. The molecular formula is C23H25N5. The van der Waals surface area contributed by atoms with Crippen LogP contribution in [0.3, 0.4) is 0 Å². The molecule has 4 heterocycles. The quantitative estimate of drug-likeness (QED) is 0.574. The molecule has 0 aliphatic carbocycles. The van der Waals surface area contributed by atoms with Gasteiger partial charge >= 0.3 is 0 Å². The highest BCUT2D eigenvalue weighted by Gasteiger charge is 2.32. The van der Waals surface area contributed by atoms with Gasteiger partial charge in [-0.25, -0.2) is 0 Å². The van der Waals surface area contributed by atoms with Gasteiger partial charge in [-0.15, -0.1) is 0 Å². The number of hydrogen-bond acceptors (Lipinski definition) is 3. The fourth-order valence-corrected chi connectivity index (χ4v) is 4.45. The van der Waals surface area contributed by atoms with Crippen LogP contribution < -0.4 is 0 Å². The number of rotatable bonds is 5. The number of benzene rings is 1. The maximum Gasteiger partial charge on any atom is 0.0931 e. The number of nitrogens with zero attached hydrogens (tertiary/aromatic N) is 4. The van der Waals surface area contributed by atoms with Crippen molar-refractivity contribution in [2.45, 2.75) is 32.4 Å². The van der Waals surface area contributed by atoms with Crippen LogP contribution in [0.2, 0.25) is 0 Å². The fraction of sp³-hybridized carbons (Fsp3) is 0.304. The Morgan fingerprint density at radius 2 is 2.00 bits per heavy atom. The number of pyridine rings is 1. The summed E-state index contributed by atoms with van der Waals surface area (Å²) >= 11 is 0. The van der Waals surface area contributed by atoms with Crippen LogP contribution >= 0.6 is 0 Å². The molecule has 0 amide bonds. The Bertz CT molecular complexity index is 1080. The van der Waals surface area contributed by atoms with Crippen molar-refractivity contribution < 1.29 is 0 Å². The fourth-order valence-electron chi connectivity index (χ4n) is 4.45. The first kappa shape index (κ1) is 17.2. The third-order valence-corrected chi connectivity index (χ3v) is 5.72. The summed E-state index contributed by atoms with van der Waals surface area (Å²) in [6, 6.07) is 17.2. The molecule has 142 valence electrons. The Morgan fingerprint density at radius 3 is 2.86 bits per heavy atom. The van der Waals surface area contributed by atoms with E-state index in [9.17, 15) is 0 Å². The minimum Gasteiger partial charge on any atom is -0.357 e. The highest BCUT2D eigenvalue weighted by Crippen LogP contribution is 2.37. The molecule has 28 heavy (non-hydrogen) atoms. The molecule has 5 nitrogen and oxygen atoms in total. The second-order valence-corrected chi connectivity index (χ2v) is 7.58. The van der Waals surface area contributed by atoms with Crippen LogP contribution in [0.15, 0.2) is 60.9 Å². The van der Waals surface area contributed by atoms with Crippen molar-refractivity contribution in [1.82, 2.24) is 24.6 Å². The third-order valence-electron chi connectivity index (χ3n) is 5.72. The van der Waals surface area contributed by atoms with Crippen LogP contribution in [-0.2, 0) is 13.0 Å². The summed E-state index contributed by atoms with van der Waals surface area (Å²) in [5, 5.41) is 5.69. The molecule has 0 bridgehead atoms. The van der Waals surface area contributed by atoms with E-state index in [0.29, 0.717) is 0 Å². The van der Waals surface area contributed by atoms with Crippen LogP contribution in [0, 0.1) is 6.92 Å². The van der Waals surface area contributed by atoms with Gasteiger partial charge in [-0.2, -0.15) is 5.10 Å². The highest BCUT2D eigenvalue weighted by atomic mass is 15.3. The first-order valence-electron chi connectivity index (χ1n) is 10.0. The average Bonchev–Trinajstić information content (AvgIpc) is 3.35. The summed E-state index contributed by atoms with van der Waals surface area (Å²) in [5.41, 5.74) is 6.18. The summed E-state index contributed by atoms with van der Waals surface area (Å²) in [4.78, 5) is 11.2. The predicted octanol–water partition coefficient (Wildman–Crippen LogP) is 4.11. The summed E-state index contributed by atoms with van der Waals surface area (Å²) in [7, 11) is 0. The second-order valence-electron chi connectivity index (χ2n) is 7.58. The van der Waals surface area contributed by atoms with E-state index < -0.39 is 0 Å². The topological polar surface area (TPSA) is 49.7 Å². The number of aromatic amines is 1. The van der Waals surface area contributed by atoms with Crippen LogP contribution in [0.25, 0.3) is 10.9 Å². The first-order valence-corrected chi connectivity index (χ1v) is 10.0. The van der Waals surface area contributed by atoms with Crippen molar-refractivity contribution in [3.63, 3.8) is 0 Å². The maximum atomic E-state index is 4.89. The zero-order chi connectivity index (χ0) is 18.9. The Balaban J connectivity index is 1.50. The summed E-state index contributed by atoms with van der Waals surface area (Å²) in [5.74, 6) is 0. The minimum atomic E-state index is 0.175. The van der Waals surface area contributed by atoms with E-state index in [1.807, 2.05) is 23.1 Å². The average molecular weight is 371 g/mol. The highest BCUT2D eigenvalue weighted by molar-refractivity contribution is 5.85. The van der Waals surface area contributed by atoms with E-state index >= 15 is 0 Å². The zero-order valence-electron chi connectivity index (χ0n) is 16.2. The molecule has 1 aliphatic heterocycles. The van der Waals surface area contributed by atoms with Crippen LogP contribution in [-0.4, -0.2) is 37.7 Å². The number of aromatic nitrogens is 4. The lowest BCUT2D eigenvalue weighted by Crippen LogP contribution is -2.37. The summed E-state index contributed by atoms with van der Waals surface area (Å²) in [6.07, 6.45) is 6.02. The van der Waals surface area contributed by atoms with Crippen molar-refractivity contribution in [3.05, 3.63) is 83.6 Å². The van der Waals surface area contributed by atoms with E-state index in [1.165, 1.54) is 22.2 Å². The van der Waals surface area contributed by atoms with Gasteiger partial charge in [0.1, 0.15) is 0 Å². The molecule has 1 aromatic carbocycles. The van der Waals surface area contributed by atoms with Crippen molar-refractivity contribution >= 4 is 10.9 Å². The molecule has 5 rings (SSSR count). The van der Waals surface area contributed by atoms with Gasteiger partial charge in [0.05, 0.1) is 11.7 Å². The Kier molecular flexibility index (Phi) is 4.45. The second kappa shape index (κ2) is 7.24. The molecule has 0 saturated heterocycles. The van der Waals surface area contributed by atoms with Gasteiger partial charge in [0, 0.05) is 54.3 Å². The van der Waals surface area contributed by atoms with Gasteiger partial charge in [0.15, 0.2) is 0 Å². The molecule has 0 saturated carbocycles.